The molecule has 0 aromatic heterocycles. The van der Waals surface area contributed by atoms with Gasteiger partial charge in [-0.3, -0.25) is 4.79 Å². The number of hydrogen-bond donors (Lipinski definition) is 0. The van der Waals surface area contributed by atoms with Crippen LogP contribution in [0.4, 0.5) is 0 Å². The van der Waals surface area contributed by atoms with Crippen molar-refractivity contribution in [3.05, 3.63) is 24.3 Å². The lowest BCUT2D eigenvalue weighted by Gasteiger charge is -2.42. The monoisotopic (exact) mass is 518 g/mol. The van der Waals surface area contributed by atoms with Crippen LogP contribution >= 0.6 is 0 Å². The van der Waals surface area contributed by atoms with Gasteiger partial charge in [0, 0.05) is 11.8 Å². The predicted octanol–water partition coefficient (Wildman–Crippen LogP) is 8.69. The highest BCUT2D eigenvalue weighted by Gasteiger charge is 2.53. The van der Waals surface area contributed by atoms with E-state index < -0.39 is 16.6 Å². The molecule has 3 aliphatic rings. The van der Waals surface area contributed by atoms with Gasteiger partial charge in [-0.15, -0.1) is 0 Å². The molecule has 0 bridgehead atoms. The molecule has 0 aromatic rings. The van der Waals surface area contributed by atoms with E-state index in [1.807, 2.05) is 0 Å². The van der Waals surface area contributed by atoms with Crippen LogP contribution in [0.2, 0.25) is 36.3 Å². The number of fused-ring (bicyclic) bond motifs is 1. The van der Waals surface area contributed by atoms with Gasteiger partial charge in [-0.05, 0) is 79.4 Å². The summed E-state index contributed by atoms with van der Waals surface area (Å²) in [6.45, 7) is 27.5. The second-order valence-corrected chi connectivity index (χ2v) is 24.3. The number of carbonyl (C=O) groups excluding carboxylic acids is 1. The summed E-state index contributed by atoms with van der Waals surface area (Å²) in [5.74, 6) is 1.58. The van der Waals surface area contributed by atoms with Crippen molar-refractivity contribution in [2.45, 2.75) is 135 Å². The van der Waals surface area contributed by atoms with E-state index in [4.69, 9.17) is 8.85 Å². The minimum atomic E-state index is -1.94. The van der Waals surface area contributed by atoms with Crippen LogP contribution < -0.4 is 0 Å². The summed E-state index contributed by atoms with van der Waals surface area (Å²) in [6, 6.07) is 0. The molecule has 0 saturated heterocycles. The van der Waals surface area contributed by atoms with Crippen LogP contribution in [0.1, 0.15) is 86.5 Å². The Morgan fingerprint density at radius 1 is 0.943 bits per heavy atom. The highest BCUT2D eigenvalue weighted by molar-refractivity contribution is 6.74. The molecular formula is C30H54O3Si2. The van der Waals surface area contributed by atoms with Crippen molar-refractivity contribution in [2.75, 3.05) is 0 Å². The second-order valence-electron chi connectivity index (χ2n) is 14.8. The summed E-state index contributed by atoms with van der Waals surface area (Å²) in [5, 5.41) is 0.346. The molecule has 5 heteroatoms. The molecule has 0 N–H and O–H groups in total. The number of rotatable bonds is 7. The maximum Gasteiger partial charge on any atom is 0.192 e. The maximum absolute atomic E-state index is 12.9. The third kappa shape index (κ3) is 6.33. The van der Waals surface area contributed by atoms with Crippen molar-refractivity contribution in [1.29, 1.82) is 0 Å². The molecule has 3 nitrogen and oxygen atoms in total. The summed E-state index contributed by atoms with van der Waals surface area (Å²) in [7, 11) is -3.84. The molecule has 0 spiro atoms. The van der Waals surface area contributed by atoms with Crippen LogP contribution in [0.3, 0.4) is 0 Å². The summed E-state index contributed by atoms with van der Waals surface area (Å²) < 4.78 is 14.1. The van der Waals surface area contributed by atoms with Crippen molar-refractivity contribution in [2.24, 2.45) is 23.7 Å². The molecule has 200 valence electrons. The smallest absolute Gasteiger partial charge is 0.192 e. The third-order valence-electron chi connectivity index (χ3n) is 10.2. The molecule has 0 unspecified atom stereocenters. The zero-order valence-corrected chi connectivity index (χ0v) is 26.5. The Bertz CT molecular complexity index is 808. The Kier molecular flexibility index (Phi) is 8.59. The molecule has 3 saturated carbocycles. The van der Waals surface area contributed by atoms with Gasteiger partial charge in [-0.2, -0.15) is 0 Å². The lowest BCUT2D eigenvalue weighted by atomic mass is 9.84. The van der Waals surface area contributed by atoms with Gasteiger partial charge in [0.15, 0.2) is 22.4 Å². The van der Waals surface area contributed by atoms with E-state index in [1.165, 1.54) is 32.1 Å². The number of ketones is 1. The van der Waals surface area contributed by atoms with Gasteiger partial charge in [0.05, 0.1) is 12.2 Å². The van der Waals surface area contributed by atoms with Gasteiger partial charge in [0.2, 0.25) is 0 Å². The fourth-order valence-electron chi connectivity index (χ4n) is 5.81. The Morgan fingerprint density at radius 3 is 2.06 bits per heavy atom. The molecule has 0 aromatic carbocycles. The maximum atomic E-state index is 12.9. The second kappa shape index (κ2) is 10.3. The summed E-state index contributed by atoms with van der Waals surface area (Å²) in [6.07, 6.45) is 13.3. The van der Waals surface area contributed by atoms with E-state index >= 15 is 0 Å². The van der Waals surface area contributed by atoms with Crippen LogP contribution in [0, 0.1) is 23.7 Å². The van der Waals surface area contributed by atoms with E-state index in [1.54, 1.807) is 0 Å². The van der Waals surface area contributed by atoms with Gasteiger partial charge >= 0.3 is 0 Å². The molecule has 3 rings (SSSR count). The van der Waals surface area contributed by atoms with Crippen molar-refractivity contribution in [3.8, 4) is 0 Å². The first-order valence-electron chi connectivity index (χ1n) is 14.2. The highest BCUT2D eigenvalue weighted by Crippen LogP contribution is 2.51. The first-order chi connectivity index (χ1) is 15.9. The van der Waals surface area contributed by atoms with Gasteiger partial charge in [-0.25, -0.2) is 0 Å². The number of carbonyl (C=O) groups is 1. The van der Waals surface area contributed by atoms with Gasteiger partial charge in [-0.1, -0.05) is 79.5 Å². The fourth-order valence-corrected chi connectivity index (χ4v) is 8.48. The Morgan fingerprint density at radius 2 is 1.51 bits per heavy atom. The molecular weight excluding hydrogens is 464 g/mol. The number of hydrogen-bond acceptors (Lipinski definition) is 3. The molecule has 0 radical (unpaired) electrons. The molecule has 0 heterocycles. The van der Waals surface area contributed by atoms with E-state index in [-0.39, 0.29) is 39.9 Å². The SMILES string of the molecule is C=C1C[C@H]2[C@H](/C=C/[C@@H](O[Si](C)(C)C(C)(C)C)C3CCCCC3)[C@H](O[Si](C)(C)C(C)(C)C)C[C@@H]2C1=O. The van der Waals surface area contributed by atoms with Crippen LogP contribution in [0.15, 0.2) is 24.3 Å². The highest BCUT2D eigenvalue weighted by atomic mass is 28.4. The first kappa shape index (κ1) is 29.1. The van der Waals surface area contributed by atoms with E-state index in [0.717, 1.165) is 18.4 Å². The minimum absolute atomic E-state index is 0.0846. The first-order valence-corrected chi connectivity index (χ1v) is 20.0. The Balaban J connectivity index is 1.90. The molecule has 0 amide bonds. The van der Waals surface area contributed by atoms with E-state index in [9.17, 15) is 4.79 Å². The molecule has 5 atom stereocenters. The topological polar surface area (TPSA) is 35.5 Å². The third-order valence-corrected chi connectivity index (χ3v) is 19.2. The molecule has 3 aliphatic carbocycles. The molecule has 0 aliphatic heterocycles. The van der Waals surface area contributed by atoms with Crippen molar-refractivity contribution < 1.29 is 13.6 Å². The van der Waals surface area contributed by atoms with Crippen LogP contribution in [0.25, 0.3) is 0 Å². The normalized spacial score (nSPS) is 30.3. The van der Waals surface area contributed by atoms with E-state index in [2.05, 4.69) is 86.5 Å². The largest absolute Gasteiger partial charge is 0.413 e. The zero-order valence-electron chi connectivity index (χ0n) is 24.5. The lowest BCUT2D eigenvalue weighted by Crippen LogP contribution is -2.46. The quantitative estimate of drug-likeness (QED) is 0.192. The molecule has 35 heavy (non-hydrogen) atoms. The van der Waals surface area contributed by atoms with E-state index in [0.29, 0.717) is 11.8 Å². The standard InChI is InChI=1S/C30H54O3Si2/c1-21-19-24-23(27(20-25(24)28(21)31)33-35(10,11)30(5,6)7)17-18-26(22-15-13-12-14-16-22)32-34(8,9)29(2,3)4/h17-18,22-27H,1,12-16,19-20H2,2-11H3/b18-17+/t23-,24-,25-,26+,27+/m0/s1. The van der Waals surface area contributed by atoms with Crippen LogP contribution in [0.5, 0.6) is 0 Å². The Labute approximate surface area is 218 Å². The number of allylic oxidation sites excluding steroid dienone is 1. The van der Waals surface area contributed by atoms with Crippen molar-refractivity contribution in [3.63, 3.8) is 0 Å². The molecule has 3 fully saturated rings. The van der Waals surface area contributed by atoms with Gasteiger partial charge < -0.3 is 8.85 Å². The lowest BCUT2D eigenvalue weighted by molar-refractivity contribution is -0.118. The zero-order chi connectivity index (χ0) is 26.4. The summed E-state index contributed by atoms with van der Waals surface area (Å²) in [5.41, 5.74) is 0.825. The average Bonchev–Trinajstić information content (AvgIpc) is 3.19. The van der Waals surface area contributed by atoms with Gasteiger partial charge in [0.1, 0.15) is 0 Å². The van der Waals surface area contributed by atoms with Crippen molar-refractivity contribution in [1.82, 2.24) is 0 Å². The van der Waals surface area contributed by atoms with Crippen LogP contribution in [-0.4, -0.2) is 34.6 Å². The van der Waals surface area contributed by atoms with Crippen LogP contribution in [-0.2, 0) is 13.6 Å². The summed E-state index contributed by atoms with van der Waals surface area (Å²) >= 11 is 0. The van der Waals surface area contributed by atoms with Crippen molar-refractivity contribution >= 4 is 22.4 Å². The minimum Gasteiger partial charge on any atom is -0.413 e. The predicted molar refractivity (Wildman–Crippen MR) is 154 cm³/mol. The Hall–Kier alpha value is -0.496. The summed E-state index contributed by atoms with van der Waals surface area (Å²) in [4.78, 5) is 12.9. The number of Topliss-reactive ketones (excluding diaryl/α,β-unsaturated/α-hetero) is 1. The van der Waals surface area contributed by atoms with Gasteiger partial charge in [0.25, 0.3) is 0 Å². The average molecular weight is 519 g/mol. The fraction of sp³-hybridized carbons (Fsp3) is 0.833.